The largest absolute Gasteiger partial charge is 0.465 e. The molecule has 1 heterocycles. The first-order chi connectivity index (χ1) is 13.5. The number of nitro groups is 1. The van der Waals surface area contributed by atoms with Crippen LogP contribution in [0.25, 0.3) is 0 Å². The maximum Gasteiger partial charge on any atom is 0.373 e. The fourth-order valence-corrected chi connectivity index (χ4v) is 2.60. The van der Waals surface area contributed by atoms with E-state index in [0.29, 0.717) is 11.4 Å². The molecule has 9 heteroatoms. The number of aromatic nitrogens is 2. The first-order valence-electron chi connectivity index (χ1n) is 8.16. The second-order valence-electron chi connectivity index (χ2n) is 5.59. The Bertz CT molecular complexity index is 1010. The normalized spacial score (nSPS) is 10.2. The van der Waals surface area contributed by atoms with Crippen LogP contribution in [0.4, 0.5) is 17.2 Å². The monoisotopic (exact) mass is 380 g/mol. The lowest BCUT2D eigenvalue weighted by atomic mass is 10.1. The second-order valence-corrected chi connectivity index (χ2v) is 5.59. The van der Waals surface area contributed by atoms with E-state index in [9.17, 15) is 14.9 Å². The summed E-state index contributed by atoms with van der Waals surface area (Å²) in [6, 6.07) is 15.1. The average Bonchev–Trinajstić information content (AvgIpc) is 2.73. The third-order valence-electron chi connectivity index (χ3n) is 3.90. The molecule has 1 aromatic heterocycles. The van der Waals surface area contributed by atoms with E-state index in [4.69, 9.17) is 9.47 Å². The molecule has 0 aliphatic heterocycles. The number of carbonyl (C=O) groups is 1. The SMILES string of the molecule is COC(=O)c1ccccc1N(C)c1ncnc(Oc2ccccc2)c1[N+](=O)[O-]. The van der Waals surface area contributed by atoms with Crippen LogP contribution in [0.5, 0.6) is 11.6 Å². The van der Waals surface area contributed by atoms with Gasteiger partial charge in [0.05, 0.1) is 23.3 Å². The number of carbonyl (C=O) groups excluding carboxylic acids is 1. The zero-order chi connectivity index (χ0) is 20.1. The molecular weight excluding hydrogens is 364 g/mol. The average molecular weight is 380 g/mol. The van der Waals surface area contributed by atoms with Crippen molar-refractivity contribution in [1.82, 2.24) is 9.97 Å². The Balaban J connectivity index is 2.09. The molecule has 0 atom stereocenters. The molecule has 3 aromatic rings. The van der Waals surface area contributed by atoms with Gasteiger partial charge < -0.3 is 14.4 Å². The van der Waals surface area contributed by atoms with Crippen molar-refractivity contribution < 1.29 is 19.2 Å². The summed E-state index contributed by atoms with van der Waals surface area (Å²) in [5.74, 6) is -0.404. The topological polar surface area (TPSA) is 108 Å². The molecule has 0 amide bonds. The Hall–Kier alpha value is -4.01. The molecule has 9 nitrogen and oxygen atoms in total. The second kappa shape index (κ2) is 8.12. The molecule has 0 aliphatic rings. The summed E-state index contributed by atoms with van der Waals surface area (Å²) in [4.78, 5) is 32.6. The Labute approximate surface area is 160 Å². The summed E-state index contributed by atoms with van der Waals surface area (Å²) in [5, 5.41) is 11.8. The van der Waals surface area contributed by atoms with Crippen LogP contribution in [0, 0.1) is 10.1 Å². The van der Waals surface area contributed by atoms with E-state index in [2.05, 4.69) is 9.97 Å². The minimum Gasteiger partial charge on any atom is -0.465 e. The lowest BCUT2D eigenvalue weighted by Gasteiger charge is -2.20. The van der Waals surface area contributed by atoms with Crippen molar-refractivity contribution in [3.05, 3.63) is 76.6 Å². The van der Waals surface area contributed by atoms with E-state index in [1.807, 2.05) is 0 Å². The summed E-state index contributed by atoms with van der Waals surface area (Å²) in [6.45, 7) is 0. The van der Waals surface area contributed by atoms with E-state index in [1.165, 1.54) is 12.0 Å². The quantitative estimate of drug-likeness (QED) is 0.362. The number of para-hydroxylation sites is 2. The van der Waals surface area contributed by atoms with Gasteiger partial charge in [-0.3, -0.25) is 10.1 Å². The van der Waals surface area contributed by atoms with Crippen molar-refractivity contribution in [1.29, 1.82) is 0 Å². The van der Waals surface area contributed by atoms with Gasteiger partial charge in [-0.05, 0) is 24.3 Å². The van der Waals surface area contributed by atoms with Gasteiger partial charge in [-0.25, -0.2) is 9.78 Å². The molecule has 142 valence electrons. The fourth-order valence-electron chi connectivity index (χ4n) is 2.60. The third kappa shape index (κ3) is 3.73. The van der Waals surface area contributed by atoms with E-state index >= 15 is 0 Å². The fraction of sp³-hybridized carbons (Fsp3) is 0.105. The molecule has 0 spiro atoms. The number of hydrogen-bond acceptors (Lipinski definition) is 8. The van der Waals surface area contributed by atoms with Crippen LogP contribution in [-0.2, 0) is 4.74 Å². The number of ether oxygens (including phenoxy) is 2. The molecule has 3 rings (SSSR count). The Kier molecular flexibility index (Phi) is 5.45. The van der Waals surface area contributed by atoms with Crippen LogP contribution in [0.3, 0.4) is 0 Å². The highest BCUT2D eigenvalue weighted by Crippen LogP contribution is 2.38. The van der Waals surface area contributed by atoms with Crippen molar-refractivity contribution in [3.8, 4) is 11.6 Å². The molecule has 0 saturated carbocycles. The number of anilines is 2. The Morgan fingerprint density at radius 3 is 2.43 bits per heavy atom. The van der Waals surface area contributed by atoms with Crippen LogP contribution in [0.15, 0.2) is 60.9 Å². The van der Waals surface area contributed by atoms with Crippen LogP contribution in [0.2, 0.25) is 0 Å². The van der Waals surface area contributed by atoms with Gasteiger partial charge in [0.1, 0.15) is 12.1 Å². The number of benzene rings is 2. The lowest BCUT2D eigenvalue weighted by Crippen LogP contribution is -2.18. The third-order valence-corrected chi connectivity index (χ3v) is 3.90. The first kappa shape index (κ1) is 18.8. The molecule has 2 aromatic carbocycles. The molecule has 0 saturated heterocycles. The van der Waals surface area contributed by atoms with Crippen molar-refractivity contribution in [2.75, 3.05) is 19.1 Å². The van der Waals surface area contributed by atoms with Crippen molar-refractivity contribution in [2.45, 2.75) is 0 Å². The number of hydrogen-bond donors (Lipinski definition) is 0. The van der Waals surface area contributed by atoms with Crippen LogP contribution >= 0.6 is 0 Å². The summed E-state index contributed by atoms with van der Waals surface area (Å²) in [5.41, 5.74) is 0.210. The van der Waals surface area contributed by atoms with Gasteiger partial charge in [-0.2, -0.15) is 4.98 Å². The number of methoxy groups -OCH3 is 1. The van der Waals surface area contributed by atoms with Gasteiger partial charge in [0.15, 0.2) is 0 Å². The van der Waals surface area contributed by atoms with E-state index in [0.717, 1.165) is 6.33 Å². The molecule has 0 radical (unpaired) electrons. The maximum atomic E-state index is 12.1. The minimum atomic E-state index is -0.620. The summed E-state index contributed by atoms with van der Waals surface area (Å²) >= 11 is 0. The molecule has 0 aliphatic carbocycles. The highest BCUT2D eigenvalue weighted by atomic mass is 16.6. The maximum absolute atomic E-state index is 12.1. The van der Waals surface area contributed by atoms with Gasteiger partial charge in [0.25, 0.3) is 0 Å². The highest BCUT2D eigenvalue weighted by molar-refractivity contribution is 5.97. The highest BCUT2D eigenvalue weighted by Gasteiger charge is 2.29. The summed E-state index contributed by atoms with van der Waals surface area (Å²) < 4.78 is 10.4. The van der Waals surface area contributed by atoms with Gasteiger partial charge in [0, 0.05) is 7.05 Å². The minimum absolute atomic E-state index is 0.0257. The molecular formula is C19H16N4O5. The molecule has 0 unspecified atom stereocenters. The van der Waals surface area contributed by atoms with E-state index in [-0.39, 0.29) is 17.3 Å². The zero-order valence-electron chi connectivity index (χ0n) is 15.1. The summed E-state index contributed by atoms with van der Waals surface area (Å²) in [7, 11) is 2.82. The Morgan fingerprint density at radius 1 is 1.07 bits per heavy atom. The standard InChI is InChI=1S/C19H16N4O5/c1-22(15-11-7-6-10-14(15)19(24)27-2)17-16(23(25)26)18(21-12-20-17)28-13-8-4-3-5-9-13/h3-12H,1-2H3. The van der Waals surface area contributed by atoms with Crippen molar-refractivity contribution in [3.63, 3.8) is 0 Å². The smallest absolute Gasteiger partial charge is 0.373 e. The van der Waals surface area contributed by atoms with Gasteiger partial charge >= 0.3 is 17.5 Å². The van der Waals surface area contributed by atoms with Crippen LogP contribution in [0.1, 0.15) is 10.4 Å². The van der Waals surface area contributed by atoms with Crippen molar-refractivity contribution >= 4 is 23.2 Å². The molecule has 0 bridgehead atoms. The van der Waals surface area contributed by atoms with E-state index < -0.39 is 16.6 Å². The predicted molar refractivity (Wildman–Crippen MR) is 101 cm³/mol. The zero-order valence-corrected chi connectivity index (χ0v) is 15.1. The van der Waals surface area contributed by atoms with Gasteiger partial charge in [-0.1, -0.05) is 30.3 Å². The van der Waals surface area contributed by atoms with Crippen molar-refractivity contribution in [2.24, 2.45) is 0 Å². The van der Waals surface area contributed by atoms with E-state index in [1.54, 1.807) is 61.6 Å². The van der Waals surface area contributed by atoms with Gasteiger partial charge in [0.2, 0.25) is 5.82 Å². The summed E-state index contributed by atoms with van der Waals surface area (Å²) in [6.07, 6.45) is 1.16. The predicted octanol–water partition coefficient (Wildman–Crippen LogP) is 3.73. The van der Waals surface area contributed by atoms with Crippen LogP contribution in [-0.4, -0.2) is 35.0 Å². The lowest BCUT2D eigenvalue weighted by molar-refractivity contribution is -0.385. The molecule has 0 fully saturated rings. The van der Waals surface area contributed by atoms with Crippen LogP contribution < -0.4 is 9.64 Å². The Morgan fingerprint density at radius 2 is 1.75 bits per heavy atom. The van der Waals surface area contributed by atoms with Gasteiger partial charge in [-0.15, -0.1) is 0 Å². The number of nitrogens with zero attached hydrogens (tertiary/aromatic N) is 4. The molecule has 28 heavy (non-hydrogen) atoms. The first-order valence-corrected chi connectivity index (χ1v) is 8.16. The molecule has 0 N–H and O–H groups in total. The number of rotatable bonds is 6. The number of esters is 1.